The van der Waals surface area contributed by atoms with Gasteiger partial charge in [0.15, 0.2) is 5.96 Å². The molecule has 0 saturated heterocycles. The van der Waals surface area contributed by atoms with Crippen molar-refractivity contribution in [2.24, 2.45) is 4.99 Å². The second kappa shape index (κ2) is 12.6. The first-order valence-electron chi connectivity index (χ1n) is 10.2. The molecule has 164 valence electrons. The summed E-state index contributed by atoms with van der Waals surface area (Å²) in [5.74, 6) is 2.74. The number of ether oxygens (including phenoxy) is 2. The third kappa shape index (κ3) is 7.36. The van der Waals surface area contributed by atoms with Crippen LogP contribution in [0.4, 0.5) is 0 Å². The number of para-hydroxylation sites is 1. The van der Waals surface area contributed by atoms with E-state index in [0.717, 1.165) is 55.6 Å². The van der Waals surface area contributed by atoms with E-state index in [0.29, 0.717) is 13.2 Å². The molecule has 0 radical (unpaired) electrons. The van der Waals surface area contributed by atoms with Gasteiger partial charge in [0.2, 0.25) is 0 Å². The van der Waals surface area contributed by atoms with Gasteiger partial charge in [-0.1, -0.05) is 30.3 Å². The summed E-state index contributed by atoms with van der Waals surface area (Å²) in [6.07, 6.45) is 1.95. The maximum Gasteiger partial charge on any atom is 0.191 e. The van der Waals surface area contributed by atoms with E-state index in [-0.39, 0.29) is 24.0 Å². The molecule has 0 aliphatic carbocycles. The van der Waals surface area contributed by atoms with Gasteiger partial charge in [-0.2, -0.15) is 0 Å². The number of nitrogens with one attached hydrogen (secondary N) is 2. The Labute approximate surface area is 197 Å². The Morgan fingerprint density at radius 3 is 2.80 bits per heavy atom. The molecule has 0 bridgehead atoms. The molecule has 0 fully saturated rings. The van der Waals surface area contributed by atoms with Crippen molar-refractivity contribution in [3.8, 4) is 11.5 Å². The van der Waals surface area contributed by atoms with Crippen LogP contribution in [0.3, 0.4) is 0 Å². The topological polar surface area (TPSA) is 58.1 Å². The third-order valence-electron chi connectivity index (χ3n) is 4.90. The van der Waals surface area contributed by atoms with Crippen molar-refractivity contribution in [3.63, 3.8) is 0 Å². The summed E-state index contributed by atoms with van der Waals surface area (Å²) in [5, 5.41) is 6.78. The van der Waals surface area contributed by atoms with E-state index in [1.54, 1.807) is 7.05 Å². The van der Waals surface area contributed by atoms with Crippen LogP contribution in [-0.2, 0) is 19.4 Å². The number of nitrogens with zero attached hydrogens (tertiary/aromatic N) is 2. The summed E-state index contributed by atoms with van der Waals surface area (Å²) >= 11 is 0. The molecule has 1 aliphatic rings. The smallest absolute Gasteiger partial charge is 0.191 e. The number of aliphatic imine (C=N–C) groups is 1. The Kier molecular flexibility index (Phi) is 10.2. The van der Waals surface area contributed by atoms with Gasteiger partial charge >= 0.3 is 0 Å². The minimum atomic E-state index is 0. The van der Waals surface area contributed by atoms with Gasteiger partial charge in [-0.15, -0.1) is 24.0 Å². The molecule has 1 aliphatic heterocycles. The quantitative estimate of drug-likeness (QED) is 0.300. The number of halogens is 1. The lowest BCUT2D eigenvalue weighted by Gasteiger charge is -2.16. The Morgan fingerprint density at radius 2 is 2.00 bits per heavy atom. The summed E-state index contributed by atoms with van der Waals surface area (Å²) in [6.45, 7) is 3.84. The van der Waals surface area contributed by atoms with Crippen LogP contribution < -0.4 is 20.1 Å². The Bertz CT molecular complexity index is 827. The van der Waals surface area contributed by atoms with E-state index in [4.69, 9.17) is 9.47 Å². The maximum absolute atomic E-state index is 5.94. The Hall–Kier alpha value is -2.00. The van der Waals surface area contributed by atoms with Crippen LogP contribution in [0.1, 0.15) is 16.7 Å². The summed E-state index contributed by atoms with van der Waals surface area (Å²) < 4.78 is 11.5. The molecule has 0 saturated carbocycles. The van der Waals surface area contributed by atoms with Crippen LogP contribution in [0.2, 0.25) is 0 Å². The maximum atomic E-state index is 5.94. The normalized spacial score (nSPS) is 12.7. The highest BCUT2D eigenvalue weighted by Gasteiger charge is 2.12. The lowest BCUT2D eigenvalue weighted by atomic mass is 10.1. The van der Waals surface area contributed by atoms with Crippen molar-refractivity contribution in [2.45, 2.75) is 19.4 Å². The molecule has 0 spiro atoms. The molecule has 1 heterocycles. The molecular formula is C23H33IN4O2. The number of likely N-dealkylation sites (N-methyl/N-ethyl adjacent to an activating group) is 1. The van der Waals surface area contributed by atoms with E-state index in [2.05, 4.69) is 44.8 Å². The van der Waals surface area contributed by atoms with Crippen molar-refractivity contribution in [1.82, 2.24) is 15.5 Å². The molecular weight excluding hydrogens is 491 g/mol. The van der Waals surface area contributed by atoms with Gasteiger partial charge in [-0.25, -0.2) is 0 Å². The fraction of sp³-hybridized carbons (Fsp3) is 0.435. The van der Waals surface area contributed by atoms with Gasteiger partial charge in [0.25, 0.3) is 0 Å². The summed E-state index contributed by atoms with van der Waals surface area (Å²) in [7, 11) is 5.88. The molecule has 3 rings (SSSR count). The Balaban J connectivity index is 0.00000320. The highest BCUT2D eigenvalue weighted by molar-refractivity contribution is 14.0. The van der Waals surface area contributed by atoms with Crippen molar-refractivity contribution < 1.29 is 9.47 Å². The zero-order valence-corrected chi connectivity index (χ0v) is 20.4. The molecule has 0 atom stereocenters. The molecule has 0 unspecified atom stereocenters. The van der Waals surface area contributed by atoms with E-state index in [1.165, 1.54) is 11.1 Å². The molecule has 0 aromatic heterocycles. The number of benzene rings is 2. The molecule has 30 heavy (non-hydrogen) atoms. The van der Waals surface area contributed by atoms with Crippen LogP contribution in [0.5, 0.6) is 11.5 Å². The van der Waals surface area contributed by atoms with E-state index in [9.17, 15) is 0 Å². The van der Waals surface area contributed by atoms with E-state index < -0.39 is 0 Å². The highest BCUT2D eigenvalue weighted by Crippen LogP contribution is 2.25. The van der Waals surface area contributed by atoms with Crippen LogP contribution in [0.25, 0.3) is 0 Å². The standard InChI is InChI=1S/C23H32N4O2.HI/c1-24-23(25-12-10-18-8-9-22-19(16-18)11-14-28-22)26-17-20-6-4-5-7-21(20)29-15-13-27(2)3;/h4-9,16H,10-15,17H2,1-3H3,(H2,24,25,26);1H. The van der Waals surface area contributed by atoms with Gasteiger partial charge in [0.05, 0.1) is 6.61 Å². The fourth-order valence-corrected chi connectivity index (χ4v) is 3.25. The van der Waals surface area contributed by atoms with Crippen molar-refractivity contribution in [2.75, 3.05) is 47.4 Å². The number of hydrogen-bond donors (Lipinski definition) is 2. The minimum Gasteiger partial charge on any atom is -0.493 e. The molecule has 0 amide bonds. The van der Waals surface area contributed by atoms with Crippen molar-refractivity contribution in [1.29, 1.82) is 0 Å². The second-order valence-corrected chi connectivity index (χ2v) is 7.40. The molecule has 2 N–H and O–H groups in total. The summed E-state index contributed by atoms with van der Waals surface area (Å²) in [6, 6.07) is 14.6. The average Bonchev–Trinajstić information content (AvgIpc) is 3.19. The third-order valence-corrected chi connectivity index (χ3v) is 4.90. The Morgan fingerprint density at radius 1 is 1.17 bits per heavy atom. The van der Waals surface area contributed by atoms with Crippen LogP contribution in [0, 0.1) is 0 Å². The highest BCUT2D eigenvalue weighted by atomic mass is 127. The van der Waals surface area contributed by atoms with Gasteiger partial charge in [-0.3, -0.25) is 4.99 Å². The predicted molar refractivity (Wildman–Crippen MR) is 133 cm³/mol. The zero-order valence-electron chi connectivity index (χ0n) is 18.1. The minimum absolute atomic E-state index is 0. The SMILES string of the molecule is CN=C(NCCc1ccc2c(c1)CCO2)NCc1ccccc1OCCN(C)C.I. The van der Waals surface area contributed by atoms with Gasteiger partial charge in [0.1, 0.15) is 18.1 Å². The van der Waals surface area contributed by atoms with Crippen LogP contribution in [0.15, 0.2) is 47.5 Å². The summed E-state index contributed by atoms with van der Waals surface area (Å²) in [5.41, 5.74) is 3.75. The van der Waals surface area contributed by atoms with Gasteiger partial charge in [-0.05, 0) is 43.8 Å². The number of fused-ring (bicyclic) bond motifs is 1. The largest absolute Gasteiger partial charge is 0.493 e. The monoisotopic (exact) mass is 524 g/mol. The molecule has 6 nitrogen and oxygen atoms in total. The molecule has 2 aromatic rings. The molecule has 2 aromatic carbocycles. The first-order chi connectivity index (χ1) is 14.2. The molecule has 7 heteroatoms. The lowest BCUT2D eigenvalue weighted by molar-refractivity contribution is 0.259. The number of rotatable bonds is 9. The van der Waals surface area contributed by atoms with Crippen molar-refractivity contribution in [3.05, 3.63) is 59.2 Å². The van der Waals surface area contributed by atoms with E-state index in [1.807, 2.05) is 32.3 Å². The van der Waals surface area contributed by atoms with Crippen molar-refractivity contribution >= 4 is 29.9 Å². The lowest BCUT2D eigenvalue weighted by Crippen LogP contribution is -2.38. The first-order valence-corrected chi connectivity index (χ1v) is 10.2. The van der Waals surface area contributed by atoms with Gasteiger partial charge < -0.3 is 25.0 Å². The fourth-order valence-electron chi connectivity index (χ4n) is 3.25. The first kappa shape index (κ1) is 24.3. The zero-order chi connectivity index (χ0) is 20.5. The number of guanidine groups is 1. The predicted octanol–water partition coefficient (Wildman–Crippen LogP) is 3.09. The van der Waals surface area contributed by atoms with E-state index >= 15 is 0 Å². The average molecular weight is 524 g/mol. The number of hydrogen-bond acceptors (Lipinski definition) is 4. The van der Waals surface area contributed by atoms with Crippen LogP contribution in [-0.4, -0.2) is 58.3 Å². The second-order valence-electron chi connectivity index (χ2n) is 7.40. The van der Waals surface area contributed by atoms with Gasteiger partial charge in [0, 0.05) is 38.7 Å². The van der Waals surface area contributed by atoms with Crippen LogP contribution >= 0.6 is 24.0 Å². The summed E-state index contributed by atoms with van der Waals surface area (Å²) in [4.78, 5) is 6.45.